The number of ether oxygens (including phenoxy) is 1. The third kappa shape index (κ3) is 7.24. The quantitative estimate of drug-likeness (QED) is 0.198. The number of hydrogen-bond donors (Lipinski definition) is 3. The first-order chi connectivity index (χ1) is 19.2. The molecule has 208 valence electrons. The van der Waals surface area contributed by atoms with Crippen LogP contribution in [0.5, 0.6) is 5.75 Å². The number of carbonyl (C=O) groups is 2. The van der Waals surface area contributed by atoms with Crippen molar-refractivity contribution in [3.8, 4) is 16.3 Å². The number of nitrogens with zero attached hydrogens (tertiary/aromatic N) is 2. The Balaban J connectivity index is 1.54. The smallest absolute Gasteiger partial charge is 0.319 e. The molecule has 9 heteroatoms. The van der Waals surface area contributed by atoms with Crippen LogP contribution in [0.25, 0.3) is 10.6 Å². The van der Waals surface area contributed by atoms with Crippen LogP contribution in [0.3, 0.4) is 0 Å². The average molecular weight is 558 g/mol. The van der Waals surface area contributed by atoms with Gasteiger partial charge in [-0.1, -0.05) is 99.7 Å². The lowest BCUT2D eigenvalue weighted by Gasteiger charge is -2.22. The Morgan fingerprint density at radius 3 is 2.17 bits per heavy atom. The number of anilines is 2. The van der Waals surface area contributed by atoms with Gasteiger partial charge < -0.3 is 15.4 Å². The van der Waals surface area contributed by atoms with E-state index in [2.05, 4.69) is 53.8 Å². The molecule has 0 radical (unpaired) electrons. The molecule has 4 rings (SSSR count). The van der Waals surface area contributed by atoms with Crippen molar-refractivity contribution in [3.63, 3.8) is 0 Å². The molecule has 1 aromatic heterocycles. The third-order valence-electron chi connectivity index (χ3n) is 6.49. The minimum Gasteiger partial charge on any atom is -0.497 e. The minimum atomic E-state index is -0.847. The topological polar surface area (TPSA) is 105 Å². The first kappa shape index (κ1) is 28.8. The molecule has 3 amide bonds. The van der Waals surface area contributed by atoms with Crippen LogP contribution in [0, 0.1) is 0 Å². The van der Waals surface area contributed by atoms with Crippen LogP contribution in [0.2, 0.25) is 0 Å². The van der Waals surface area contributed by atoms with Crippen molar-refractivity contribution in [2.24, 2.45) is 0 Å². The van der Waals surface area contributed by atoms with Crippen LogP contribution in [0.15, 0.2) is 72.8 Å². The zero-order chi connectivity index (χ0) is 28.6. The van der Waals surface area contributed by atoms with Crippen molar-refractivity contribution in [2.75, 3.05) is 17.7 Å². The summed E-state index contributed by atoms with van der Waals surface area (Å²) in [5.74, 6) is 0.756. The Kier molecular flexibility index (Phi) is 9.50. The summed E-state index contributed by atoms with van der Waals surface area (Å²) < 4.78 is 5.30. The molecule has 3 N–H and O–H groups in total. The van der Waals surface area contributed by atoms with Crippen LogP contribution in [-0.4, -0.2) is 35.3 Å². The fourth-order valence-corrected chi connectivity index (χ4v) is 5.14. The van der Waals surface area contributed by atoms with Gasteiger partial charge in [-0.05, 0) is 40.7 Å². The molecule has 0 saturated heterocycles. The number of hydrogen-bond acceptors (Lipinski definition) is 6. The molecule has 0 saturated carbocycles. The van der Waals surface area contributed by atoms with E-state index in [4.69, 9.17) is 4.74 Å². The van der Waals surface area contributed by atoms with E-state index in [1.807, 2.05) is 72.8 Å². The molecule has 3 aromatic carbocycles. The van der Waals surface area contributed by atoms with Gasteiger partial charge in [0.2, 0.25) is 11.0 Å². The van der Waals surface area contributed by atoms with Gasteiger partial charge in [0.1, 0.15) is 16.8 Å². The van der Waals surface area contributed by atoms with Gasteiger partial charge in [0.15, 0.2) is 0 Å². The maximum atomic E-state index is 13.5. The lowest BCUT2D eigenvalue weighted by molar-refractivity contribution is -0.117. The zero-order valence-corrected chi connectivity index (χ0v) is 24.2. The number of urea groups is 1. The summed E-state index contributed by atoms with van der Waals surface area (Å²) in [5, 5.41) is 18.2. The van der Waals surface area contributed by atoms with E-state index in [1.54, 1.807) is 7.11 Å². The Morgan fingerprint density at radius 2 is 1.52 bits per heavy atom. The predicted molar refractivity (Wildman–Crippen MR) is 161 cm³/mol. The predicted octanol–water partition coefficient (Wildman–Crippen LogP) is 6.83. The van der Waals surface area contributed by atoms with E-state index in [-0.39, 0.29) is 17.7 Å². The summed E-state index contributed by atoms with van der Waals surface area (Å²) in [6.07, 6.45) is 0.310. The summed E-state index contributed by atoms with van der Waals surface area (Å²) in [6, 6.07) is 21.8. The number of methoxy groups -OCH3 is 1. The fraction of sp³-hybridized carbons (Fsp3) is 0.290. The van der Waals surface area contributed by atoms with Crippen molar-refractivity contribution in [3.05, 3.63) is 89.5 Å². The number of nitrogens with one attached hydrogen (secondary N) is 3. The Hall–Kier alpha value is -4.24. The minimum absolute atomic E-state index is 0.216. The highest BCUT2D eigenvalue weighted by atomic mass is 32.1. The van der Waals surface area contributed by atoms with Crippen LogP contribution in [0.4, 0.5) is 15.6 Å². The molecule has 1 atom stereocenters. The number of rotatable bonds is 10. The van der Waals surface area contributed by atoms with E-state index >= 15 is 0 Å². The van der Waals surface area contributed by atoms with Crippen molar-refractivity contribution in [2.45, 2.75) is 52.0 Å². The summed E-state index contributed by atoms with van der Waals surface area (Å²) in [5.41, 5.74) is 4.63. The first-order valence-corrected chi connectivity index (χ1v) is 14.1. The molecule has 0 aliphatic carbocycles. The van der Waals surface area contributed by atoms with Gasteiger partial charge >= 0.3 is 6.03 Å². The molecule has 0 bridgehead atoms. The monoisotopic (exact) mass is 557 g/mol. The highest BCUT2D eigenvalue weighted by Gasteiger charge is 2.24. The average Bonchev–Trinajstić information content (AvgIpc) is 3.41. The van der Waals surface area contributed by atoms with E-state index in [0.29, 0.717) is 22.3 Å². The number of amides is 3. The maximum Gasteiger partial charge on any atom is 0.319 e. The summed E-state index contributed by atoms with van der Waals surface area (Å²) >= 11 is 1.25. The third-order valence-corrected chi connectivity index (χ3v) is 7.38. The van der Waals surface area contributed by atoms with Crippen molar-refractivity contribution < 1.29 is 14.3 Å². The summed E-state index contributed by atoms with van der Waals surface area (Å²) in [6.45, 7) is 8.37. The molecule has 4 aromatic rings. The van der Waals surface area contributed by atoms with E-state index in [1.165, 1.54) is 11.3 Å². The van der Waals surface area contributed by atoms with Gasteiger partial charge in [-0.2, -0.15) is 0 Å². The van der Waals surface area contributed by atoms with Crippen molar-refractivity contribution in [1.82, 2.24) is 15.5 Å². The van der Waals surface area contributed by atoms with E-state index in [9.17, 15) is 9.59 Å². The number of benzene rings is 3. The van der Waals surface area contributed by atoms with Gasteiger partial charge in [0.05, 0.1) is 7.11 Å². The molecular formula is C31H35N5O3S. The second-order valence-electron chi connectivity index (χ2n) is 10.1. The van der Waals surface area contributed by atoms with Gasteiger partial charge in [-0.25, -0.2) is 4.79 Å². The molecule has 0 spiro atoms. The van der Waals surface area contributed by atoms with Crippen molar-refractivity contribution >= 4 is 34.1 Å². The molecular weight excluding hydrogens is 522 g/mol. The standard InChI is InChI=1S/C31H35N5O3S/c1-19(2)24-15-10-16-25(20(3)4)27(24)33-30(38)32-26(17-21-11-7-6-8-12-21)28(37)34-31-36-35-29(40-31)22-13-9-14-23(18-22)39-5/h6-16,18-20,26H,17H2,1-5H3,(H2,32,33,38)(H,34,36,37). The summed E-state index contributed by atoms with van der Waals surface area (Å²) in [7, 11) is 1.60. The van der Waals surface area contributed by atoms with E-state index < -0.39 is 12.1 Å². The van der Waals surface area contributed by atoms with Crippen LogP contribution >= 0.6 is 11.3 Å². The lowest BCUT2D eigenvalue weighted by atomic mass is 9.93. The number of aromatic nitrogens is 2. The largest absolute Gasteiger partial charge is 0.497 e. The Labute approximate surface area is 239 Å². The highest BCUT2D eigenvalue weighted by molar-refractivity contribution is 7.18. The second-order valence-corrected chi connectivity index (χ2v) is 11.1. The molecule has 0 fully saturated rings. The number of para-hydroxylation sites is 1. The molecule has 1 heterocycles. The molecule has 0 aliphatic rings. The maximum absolute atomic E-state index is 13.5. The van der Waals surface area contributed by atoms with Gasteiger partial charge in [-0.15, -0.1) is 10.2 Å². The van der Waals surface area contributed by atoms with Gasteiger partial charge in [-0.3, -0.25) is 10.1 Å². The second kappa shape index (κ2) is 13.2. The fourth-order valence-electron chi connectivity index (χ4n) is 4.40. The normalized spacial score (nSPS) is 11.8. The number of carbonyl (C=O) groups excluding carboxylic acids is 2. The molecule has 1 unspecified atom stereocenters. The Bertz CT molecular complexity index is 1430. The van der Waals surface area contributed by atoms with Gasteiger partial charge in [0.25, 0.3) is 0 Å². The molecule has 40 heavy (non-hydrogen) atoms. The molecule has 8 nitrogen and oxygen atoms in total. The van der Waals surface area contributed by atoms with E-state index in [0.717, 1.165) is 27.9 Å². The summed E-state index contributed by atoms with van der Waals surface area (Å²) in [4.78, 5) is 26.8. The van der Waals surface area contributed by atoms with Crippen LogP contribution < -0.4 is 20.7 Å². The van der Waals surface area contributed by atoms with Gasteiger partial charge in [0, 0.05) is 17.7 Å². The lowest BCUT2D eigenvalue weighted by Crippen LogP contribution is -2.47. The Morgan fingerprint density at radius 1 is 0.850 bits per heavy atom. The zero-order valence-electron chi connectivity index (χ0n) is 23.4. The van der Waals surface area contributed by atoms with Crippen LogP contribution in [-0.2, 0) is 11.2 Å². The highest BCUT2D eigenvalue weighted by Crippen LogP contribution is 2.32. The van der Waals surface area contributed by atoms with Crippen LogP contribution in [0.1, 0.15) is 56.2 Å². The SMILES string of the molecule is COc1cccc(-c2nnc(NC(=O)C(Cc3ccccc3)NC(=O)Nc3c(C(C)C)cccc3C(C)C)s2)c1. The van der Waals surface area contributed by atoms with Crippen molar-refractivity contribution in [1.29, 1.82) is 0 Å². The first-order valence-electron chi connectivity index (χ1n) is 13.3. The molecule has 0 aliphatic heterocycles.